The fraction of sp³-hybridized carbons (Fsp3) is 0.500. The standard InChI is InChI=1S/C10H15N3O3/c1-3-10(2,9(15)16)6-11-8(14)7-4-12-13-5-7/h4-5H,3,6H2,1-2H3,(H,11,14)(H,12,13)(H,15,16). The van der Waals surface area contributed by atoms with Gasteiger partial charge in [0.1, 0.15) is 0 Å². The van der Waals surface area contributed by atoms with Crippen molar-refractivity contribution in [3.8, 4) is 0 Å². The van der Waals surface area contributed by atoms with E-state index in [2.05, 4.69) is 15.5 Å². The molecule has 1 aromatic rings. The lowest BCUT2D eigenvalue weighted by Crippen LogP contribution is -2.40. The maximum Gasteiger partial charge on any atom is 0.311 e. The third-order valence-electron chi connectivity index (χ3n) is 2.70. The number of amides is 1. The van der Waals surface area contributed by atoms with Gasteiger partial charge in [-0.3, -0.25) is 14.7 Å². The van der Waals surface area contributed by atoms with E-state index >= 15 is 0 Å². The Labute approximate surface area is 93.1 Å². The summed E-state index contributed by atoms with van der Waals surface area (Å²) in [4.78, 5) is 22.5. The molecule has 1 aromatic heterocycles. The predicted molar refractivity (Wildman–Crippen MR) is 57.0 cm³/mol. The molecular formula is C10H15N3O3. The molecule has 0 aliphatic carbocycles. The lowest BCUT2D eigenvalue weighted by molar-refractivity contribution is -0.147. The zero-order valence-electron chi connectivity index (χ0n) is 9.28. The number of hydrogen-bond donors (Lipinski definition) is 3. The Kier molecular flexibility index (Phi) is 3.65. The second-order valence-corrected chi connectivity index (χ2v) is 3.89. The molecule has 0 saturated carbocycles. The Hall–Kier alpha value is -1.85. The molecule has 6 nitrogen and oxygen atoms in total. The van der Waals surface area contributed by atoms with Crippen molar-refractivity contribution in [2.75, 3.05) is 6.54 Å². The van der Waals surface area contributed by atoms with Gasteiger partial charge in [-0.25, -0.2) is 0 Å². The van der Waals surface area contributed by atoms with Crippen molar-refractivity contribution in [3.05, 3.63) is 18.0 Å². The molecule has 0 bridgehead atoms. The van der Waals surface area contributed by atoms with E-state index in [9.17, 15) is 9.59 Å². The van der Waals surface area contributed by atoms with Gasteiger partial charge in [-0.05, 0) is 13.3 Å². The highest BCUT2D eigenvalue weighted by Gasteiger charge is 2.31. The zero-order valence-corrected chi connectivity index (χ0v) is 9.28. The van der Waals surface area contributed by atoms with E-state index < -0.39 is 11.4 Å². The van der Waals surface area contributed by atoms with Crippen molar-refractivity contribution >= 4 is 11.9 Å². The van der Waals surface area contributed by atoms with Crippen molar-refractivity contribution in [2.24, 2.45) is 5.41 Å². The SMILES string of the molecule is CCC(C)(CNC(=O)c1cn[nH]c1)C(=O)O. The Bertz CT molecular complexity index is 375. The molecule has 0 radical (unpaired) electrons. The predicted octanol–water partition coefficient (Wildman–Crippen LogP) is 0.640. The Morgan fingerprint density at radius 2 is 2.31 bits per heavy atom. The van der Waals surface area contributed by atoms with E-state index in [0.29, 0.717) is 12.0 Å². The van der Waals surface area contributed by atoms with Crippen LogP contribution < -0.4 is 5.32 Å². The number of carboxylic acids is 1. The molecule has 0 aromatic carbocycles. The van der Waals surface area contributed by atoms with E-state index in [-0.39, 0.29) is 12.5 Å². The first-order chi connectivity index (χ1) is 7.49. The number of nitrogens with one attached hydrogen (secondary N) is 2. The number of carboxylic acid groups (broad SMARTS) is 1. The molecule has 88 valence electrons. The monoisotopic (exact) mass is 225 g/mol. The van der Waals surface area contributed by atoms with Crippen LogP contribution in [0.5, 0.6) is 0 Å². The van der Waals surface area contributed by atoms with Gasteiger partial charge in [0.25, 0.3) is 5.91 Å². The molecule has 3 N–H and O–H groups in total. The van der Waals surface area contributed by atoms with Crippen LogP contribution in [0, 0.1) is 5.41 Å². The molecule has 1 rings (SSSR count). The molecule has 1 heterocycles. The second kappa shape index (κ2) is 4.78. The number of nitrogens with zero attached hydrogens (tertiary/aromatic N) is 1. The van der Waals surface area contributed by atoms with Crippen molar-refractivity contribution < 1.29 is 14.7 Å². The van der Waals surface area contributed by atoms with Crippen LogP contribution in [0.2, 0.25) is 0 Å². The van der Waals surface area contributed by atoms with Crippen LogP contribution in [0.4, 0.5) is 0 Å². The van der Waals surface area contributed by atoms with Gasteiger partial charge in [-0.15, -0.1) is 0 Å². The number of aliphatic carboxylic acids is 1. The highest BCUT2D eigenvalue weighted by Crippen LogP contribution is 2.19. The Morgan fingerprint density at radius 1 is 1.62 bits per heavy atom. The van der Waals surface area contributed by atoms with Gasteiger partial charge in [-0.2, -0.15) is 5.10 Å². The van der Waals surface area contributed by atoms with E-state index in [1.807, 2.05) is 0 Å². The first-order valence-corrected chi connectivity index (χ1v) is 5.00. The van der Waals surface area contributed by atoms with Crippen molar-refractivity contribution in [1.29, 1.82) is 0 Å². The van der Waals surface area contributed by atoms with Gasteiger partial charge in [0.2, 0.25) is 0 Å². The third-order valence-corrected chi connectivity index (χ3v) is 2.70. The quantitative estimate of drug-likeness (QED) is 0.685. The summed E-state index contributed by atoms with van der Waals surface area (Å²) in [6.07, 6.45) is 3.30. The normalized spacial score (nSPS) is 14.1. The molecule has 1 atom stereocenters. The smallest absolute Gasteiger partial charge is 0.311 e. The maximum absolute atomic E-state index is 11.5. The van der Waals surface area contributed by atoms with Crippen LogP contribution in [0.25, 0.3) is 0 Å². The van der Waals surface area contributed by atoms with Crippen molar-refractivity contribution in [2.45, 2.75) is 20.3 Å². The summed E-state index contributed by atoms with van der Waals surface area (Å²) in [5, 5.41) is 17.7. The lowest BCUT2D eigenvalue weighted by Gasteiger charge is -2.22. The summed E-state index contributed by atoms with van der Waals surface area (Å²) in [7, 11) is 0. The number of hydrogen-bond acceptors (Lipinski definition) is 3. The highest BCUT2D eigenvalue weighted by molar-refractivity contribution is 5.93. The first-order valence-electron chi connectivity index (χ1n) is 5.00. The van der Waals surface area contributed by atoms with Gasteiger partial charge in [-0.1, -0.05) is 6.92 Å². The second-order valence-electron chi connectivity index (χ2n) is 3.89. The molecule has 0 aliphatic heterocycles. The minimum Gasteiger partial charge on any atom is -0.481 e. The van der Waals surface area contributed by atoms with Crippen molar-refractivity contribution in [1.82, 2.24) is 15.5 Å². The summed E-state index contributed by atoms with van der Waals surface area (Å²) in [5.41, 5.74) is -0.539. The molecule has 0 saturated heterocycles. The third kappa shape index (κ3) is 2.59. The van der Waals surface area contributed by atoms with Crippen LogP contribution >= 0.6 is 0 Å². The fourth-order valence-corrected chi connectivity index (χ4v) is 1.10. The molecule has 0 fully saturated rings. The molecule has 1 unspecified atom stereocenters. The topological polar surface area (TPSA) is 95.1 Å². The van der Waals surface area contributed by atoms with E-state index in [0.717, 1.165) is 0 Å². The number of carbonyl (C=O) groups is 2. The summed E-state index contributed by atoms with van der Waals surface area (Å²) >= 11 is 0. The van der Waals surface area contributed by atoms with Crippen LogP contribution in [0.3, 0.4) is 0 Å². The van der Waals surface area contributed by atoms with Crippen LogP contribution in [-0.2, 0) is 4.79 Å². The van der Waals surface area contributed by atoms with Gasteiger partial charge in [0.05, 0.1) is 17.2 Å². The molecule has 0 aliphatic rings. The summed E-state index contributed by atoms with van der Waals surface area (Å²) < 4.78 is 0. The molecule has 0 spiro atoms. The highest BCUT2D eigenvalue weighted by atomic mass is 16.4. The lowest BCUT2D eigenvalue weighted by atomic mass is 9.87. The molecule has 1 amide bonds. The van der Waals surface area contributed by atoms with Crippen LogP contribution in [0.1, 0.15) is 30.6 Å². The minimum absolute atomic E-state index is 0.100. The van der Waals surface area contributed by atoms with Gasteiger partial charge < -0.3 is 10.4 Å². The van der Waals surface area contributed by atoms with E-state index in [1.54, 1.807) is 13.8 Å². The molecular weight excluding hydrogens is 210 g/mol. The maximum atomic E-state index is 11.5. The Balaban J connectivity index is 2.57. The number of H-pyrrole nitrogens is 1. The fourth-order valence-electron chi connectivity index (χ4n) is 1.10. The van der Waals surface area contributed by atoms with Crippen LogP contribution in [0.15, 0.2) is 12.4 Å². The van der Waals surface area contributed by atoms with E-state index in [1.165, 1.54) is 12.4 Å². The van der Waals surface area contributed by atoms with Gasteiger partial charge >= 0.3 is 5.97 Å². The average molecular weight is 225 g/mol. The summed E-state index contributed by atoms with van der Waals surface area (Å²) in [6.45, 7) is 3.48. The summed E-state index contributed by atoms with van der Waals surface area (Å²) in [5.74, 6) is -1.24. The number of rotatable bonds is 5. The van der Waals surface area contributed by atoms with Crippen LogP contribution in [-0.4, -0.2) is 33.7 Å². The zero-order chi connectivity index (χ0) is 12.2. The minimum atomic E-state index is -0.931. The number of aromatic amines is 1. The van der Waals surface area contributed by atoms with Gasteiger partial charge in [0, 0.05) is 12.7 Å². The van der Waals surface area contributed by atoms with Crippen molar-refractivity contribution in [3.63, 3.8) is 0 Å². The van der Waals surface area contributed by atoms with E-state index in [4.69, 9.17) is 5.11 Å². The Morgan fingerprint density at radius 3 is 2.75 bits per heavy atom. The number of carbonyl (C=O) groups excluding carboxylic acids is 1. The molecule has 16 heavy (non-hydrogen) atoms. The summed E-state index contributed by atoms with van der Waals surface area (Å²) in [6, 6.07) is 0. The average Bonchev–Trinajstić information content (AvgIpc) is 2.78. The molecule has 6 heteroatoms. The largest absolute Gasteiger partial charge is 0.481 e. The first kappa shape index (κ1) is 12.2. The number of aromatic nitrogens is 2. The van der Waals surface area contributed by atoms with Gasteiger partial charge in [0.15, 0.2) is 0 Å².